The van der Waals surface area contributed by atoms with E-state index in [-0.39, 0.29) is 0 Å². The lowest BCUT2D eigenvalue weighted by Crippen LogP contribution is -2.06. The van der Waals surface area contributed by atoms with E-state index in [2.05, 4.69) is 19.7 Å². The lowest BCUT2D eigenvalue weighted by Gasteiger charge is -2.06. The minimum Gasteiger partial charge on any atom is -0.497 e. The molecule has 0 amide bonds. The third-order valence-electron chi connectivity index (χ3n) is 3.28. The molecule has 2 aromatic heterocycles. The van der Waals surface area contributed by atoms with Gasteiger partial charge in [-0.15, -0.1) is 11.6 Å². The second kappa shape index (κ2) is 5.73. The highest BCUT2D eigenvalue weighted by molar-refractivity contribution is 6.16. The Morgan fingerprint density at radius 3 is 2.86 bits per heavy atom. The molecule has 0 unspecified atom stereocenters. The Balaban J connectivity index is 1.92. The normalized spacial score (nSPS) is 11.2. The SMILES string of the molecule is COc1ccc2c(c1)nc(CCl)n2CCc1noc(C)n1. The monoisotopic (exact) mass is 306 g/mol. The van der Waals surface area contributed by atoms with E-state index < -0.39 is 0 Å². The molecule has 0 aliphatic heterocycles. The molecule has 110 valence electrons. The van der Waals surface area contributed by atoms with Crippen LogP contribution in [0.1, 0.15) is 17.5 Å². The lowest BCUT2D eigenvalue weighted by molar-refractivity contribution is 0.386. The van der Waals surface area contributed by atoms with Gasteiger partial charge in [-0.3, -0.25) is 0 Å². The molecule has 7 heteroatoms. The maximum Gasteiger partial charge on any atom is 0.223 e. The van der Waals surface area contributed by atoms with E-state index >= 15 is 0 Å². The Morgan fingerprint density at radius 1 is 1.33 bits per heavy atom. The molecule has 3 rings (SSSR count). The first kappa shape index (κ1) is 13.9. The van der Waals surface area contributed by atoms with Gasteiger partial charge in [-0.1, -0.05) is 5.16 Å². The summed E-state index contributed by atoms with van der Waals surface area (Å²) in [7, 11) is 1.64. The molecule has 0 bridgehead atoms. The number of rotatable bonds is 5. The summed E-state index contributed by atoms with van der Waals surface area (Å²) >= 11 is 6.00. The molecule has 0 radical (unpaired) electrons. The summed E-state index contributed by atoms with van der Waals surface area (Å²) in [5, 5.41) is 3.91. The van der Waals surface area contributed by atoms with Gasteiger partial charge in [-0.05, 0) is 12.1 Å². The van der Waals surface area contributed by atoms with Gasteiger partial charge in [-0.25, -0.2) is 4.98 Å². The van der Waals surface area contributed by atoms with Crippen molar-refractivity contribution in [2.45, 2.75) is 25.8 Å². The summed E-state index contributed by atoms with van der Waals surface area (Å²) in [6.45, 7) is 2.48. The Kier molecular flexibility index (Phi) is 3.79. The molecule has 3 aromatic rings. The standard InChI is InChI=1S/C14H15ClN4O2/c1-9-16-13(18-21-9)5-6-19-12-4-3-10(20-2)7-11(12)17-14(19)8-15/h3-4,7H,5-6,8H2,1-2H3. The molecule has 0 saturated carbocycles. The van der Waals surface area contributed by atoms with Crippen LogP contribution < -0.4 is 4.74 Å². The molecule has 0 N–H and O–H groups in total. The van der Waals surface area contributed by atoms with Crippen LogP contribution in [-0.2, 0) is 18.8 Å². The number of halogens is 1. The van der Waals surface area contributed by atoms with Gasteiger partial charge in [0.25, 0.3) is 0 Å². The molecule has 0 aliphatic carbocycles. The third kappa shape index (κ3) is 2.71. The predicted molar refractivity (Wildman–Crippen MR) is 78.6 cm³/mol. The average molecular weight is 307 g/mol. The first-order valence-corrected chi connectivity index (χ1v) is 7.13. The molecule has 2 heterocycles. The van der Waals surface area contributed by atoms with Gasteiger partial charge < -0.3 is 13.8 Å². The van der Waals surface area contributed by atoms with Crippen molar-refractivity contribution in [2.24, 2.45) is 0 Å². The first-order valence-electron chi connectivity index (χ1n) is 6.59. The van der Waals surface area contributed by atoms with Crippen molar-refractivity contribution < 1.29 is 9.26 Å². The highest BCUT2D eigenvalue weighted by Gasteiger charge is 2.12. The molecule has 21 heavy (non-hydrogen) atoms. The number of hydrogen-bond acceptors (Lipinski definition) is 5. The minimum atomic E-state index is 0.349. The van der Waals surface area contributed by atoms with Crippen LogP contribution in [0.5, 0.6) is 5.75 Å². The number of methoxy groups -OCH3 is 1. The number of alkyl halides is 1. The maximum atomic E-state index is 6.00. The quantitative estimate of drug-likeness (QED) is 0.678. The maximum absolute atomic E-state index is 6.00. The van der Waals surface area contributed by atoms with Crippen LogP contribution in [0.3, 0.4) is 0 Å². The fourth-order valence-corrected chi connectivity index (χ4v) is 2.50. The van der Waals surface area contributed by atoms with Gasteiger partial charge in [0.15, 0.2) is 5.82 Å². The van der Waals surface area contributed by atoms with Crippen LogP contribution in [0.15, 0.2) is 22.7 Å². The topological polar surface area (TPSA) is 66.0 Å². The number of ether oxygens (including phenoxy) is 1. The number of imidazole rings is 1. The van der Waals surface area contributed by atoms with Crippen LogP contribution in [-0.4, -0.2) is 26.8 Å². The highest BCUT2D eigenvalue weighted by Crippen LogP contribution is 2.23. The van der Waals surface area contributed by atoms with Crippen molar-refractivity contribution in [1.29, 1.82) is 0 Å². The van der Waals surface area contributed by atoms with E-state index in [1.807, 2.05) is 18.2 Å². The highest BCUT2D eigenvalue weighted by atomic mass is 35.5. The van der Waals surface area contributed by atoms with Gasteiger partial charge in [0.1, 0.15) is 11.6 Å². The number of benzene rings is 1. The van der Waals surface area contributed by atoms with E-state index in [0.717, 1.165) is 22.6 Å². The average Bonchev–Trinajstić information content (AvgIpc) is 3.07. The summed E-state index contributed by atoms with van der Waals surface area (Å²) in [6.07, 6.45) is 0.665. The Labute approximate surface area is 126 Å². The first-order chi connectivity index (χ1) is 10.2. The van der Waals surface area contributed by atoms with Crippen LogP contribution in [0.2, 0.25) is 0 Å². The summed E-state index contributed by atoms with van der Waals surface area (Å²) < 4.78 is 12.3. The van der Waals surface area contributed by atoms with Crippen molar-refractivity contribution >= 4 is 22.6 Å². The van der Waals surface area contributed by atoms with Gasteiger partial charge in [0.2, 0.25) is 5.89 Å². The van der Waals surface area contributed by atoms with Crippen molar-refractivity contribution in [3.63, 3.8) is 0 Å². The van der Waals surface area contributed by atoms with E-state index in [4.69, 9.17) is 20.9 Å². The summed E-state index contributed by atoms with van der Waals surface area (Å²) in [6, 6.07) is 5.80. The Bertz CT molecular complexity index is 766. The minimum absolute atomic E-state index is 0.349. The molecule has 0 fully saturated rings. The Hall–Kier alpha value is -2.08. The fourth-order valence-electron chi connectivity index (χ4n) is 2.29. The molecule has 6 nitrogen and oxygen atoms in total. The number of hydrogen-bond donors (Lipinski definition) is 0. The zero-order chi connectivity index (χ0) is 14.8. The van der Waals surface area contributed by atoms with E-state index in [1.54, 1.807) is 14.0 Å². The van der Waals surface area contributed by atoms with Crippen LogP contribution >= 0.6 is 11.6 Å². The number of aromatic nitrogens is 4. The summed E-state index contributed by atoms with van der Waals surface area (Å²) in [5.74, 6) is 3.20. The molecule has 1 aromatic carbocycles. The van der Waals surface area contributed by atoms with Crippen molar-refractivity contribution in [3.8, 4) is 5.75 Å². The second-order valence-electron chi connectivity index (χ2n) is 4.65. The second-order valence-corrected chi connectivity index (χ2v) is 4.91. The molecule has 0 spiro atoms. The molecule has 0 atom stereocenters. The van der Waals surface area contributed by atoms with Gasteiger partial charge >= 0.3 is 0 Å². The number of fused-ring (bicyclic) bond motifs is 1. The van der Waals surface area contributed by atoms with Crippen LogP contribution in [0, 0.1) is 6.92 Å². The van der Waals surface area contributed by atoms with Gasteiger partial charge in [0.05, 0.1) is 24.0 Å². The smallest absolute Gasteiger partial charge is 0.223 e. The van der Waals surface area contributed by atoms with Crippen LogP contribution in [0.25, 0.3) is 11.0 Å². The van der Waals surface area contributed by atoms with Gasteiger partial charge in [0, 0.05) is 26.0 Å². The largest absolute Gasteiger partial charge is 0.497 e. The van der Waals surface area contributed by atoms with E-state index in [0.29, 0.717) is 30.6 Å². The number of aryl methyl sites for hydroxylation is 3. The molecular formula is C14H15ClN4O2. The molecular weight excluding hydrogens is 292 g/mol. The molecule has 0 aliphatic rings. The van der Waals surface area contributed by atoms with Crippen molar-refractivity contribution in [3.05, 3.63) is 35.7 Å². The van der Waals surface area contributed by atoms with Crippen molar-refractivity contribution in [2.75, 3.05) is 7.11 Å². The molecule has 0 saturated heterocycles. The van der Waals surface area contributed by atoms with E-state index in [9.17, 15) is 0 Å². The fraction of sp³-hybridized carbons (Fsp3) is 0.357. The summed E-state index contributed by atoms with van der Waals surface area (Å²) in [5.41, 5.74) is 1.89. The third-order valence-corrected chi connectivity index (χ3v) is 3.52. The summed E-state index contributed by atoms with van der Waals surface area (Å²) in [4.78, 5) is 8.75. The van der Waals surface area contributed by atoms with Gasteiger partial charge in [-0.2, -0.15) is 4.98 Å². The number of nitrogens with zero attached hydrogens (tertiary/aromatic N) is 4. The Morgan fingerprint density at radius 2 is 2.19 bits per heavy atom. The zero-order valence-electron chi connectivity index (χ0n) is 11.8. The zero-order valence-corrected chi connectivity index (χ0v) is 12.6. The van der Waals surface area contributed by atoms with Crippen molar-refractivity contribution in [1.82, 2.24) is 19.7 Å². The predicted octanol–water partition coefficient (Wildman–Crippen LogP) is 2.72. The van der Waals surface area contributed by atoms with E-state index in [1.165, 1.54) is 0 Å². The lowest BCUT2D eigenvalue weighted by atomic mass is 10.3. The van der Waals surface area contributed by atoms with Crippen LogP contribution in [0.4, 0.5) is 0 Å².